The first-order chi connectivity index (χ1) is 11.1. The van der Waals surface area contributed by atoms with Gasteiger partial charge in [-0.2, -0.15) is 11.8 Å². The molecule has 0 saturated carbocycles. The summed E-state index contributed by atoms with van der Waals surface area (Å²) in [5.74, 6) is 1.63. The van der Waals surface area contributed by atoms with Gasteiger partial charge in [0.05, 0.1) is 11.4 Å². The van der Waals surface area contributed by atoms with E-state index in [9.17, 15) is 9.59 Å². The van der Waals surface area contributed by atoms with Crippen LogP contribution in [-0.2, 0) is 10.5 Å². The number of hydrogen-bond acceptors (Lipinski definition) is 5. The molecule has 0 aliphatic rings. The number of H-pyrrole nitrogens is 1. The number of carbonyl (C=O) groups is 1. The summed E-state index contributed by atoms with van der Waals surface area (Å²) in [7, 11) is 0. The number of nitrogens with zero attached hydrogens (tertiary/aromatic N) is 1. The van der Waals surface area contributed by atoms with Crippen molar-refractivity contribution in [1.82, 2.24) is 9.97 Å². The number of hydrogen-bond donors (Lipinski definition) is 2. The van der Waals surface area contributed by atoms with E-state index in [0.717, 1.165) is 11.4 Å². The molecule has 0 fully saturated rings. The smallest absolute Gasteiger partial charge is 0.251 e. The van der Waals surface area contributed by atoms with Crippen LogP contribution in [0, 0.1) is 0 Å². The summed E-state index contributed by atoms with van der Waals surface area (Å²) in [6.07, 6.45) is 0. The van der Waals surface area contributed by atoms with E-state index < -0.39 is 0 Å². The van der Waals surface area contributed by atoms with Gasteiger partial charge in [-0.3, -0.25) is 9.59 Å². The second kappa shape index (κ2) is 9.00. The van der Waals surface area contributed by atoms with Gasteiger partial charge in [0, 0.05) is 22.5 Å². The Morgan fingerprint density at radius 2 is 2.09 bits per heavy atom. The lowest BCUT2D eigenvalue weighted by molar-refractivity contribution is -0.113. The third-order valence-corrected chi connectivity index (χ3v) is 4.73. The Hall–Kier alpha value is -1.44. The minimum atomic E-state index is -0.202. The first-order valence-electron chi connectivity index (χ1n) is 6.93. The number of thioether (sulfide) groups is 2. The highest BCUT2D eigenvalue weighted by molar-refractivity contribution is 7.99. The van der Waals surface area contributed by atoms with Crippen LogP contribution in [0.1, 0.15) is 12.6 Å². The van der Waals surface area contributed by atoms with Crippen molar-refractivity contribution >= 4 is 46.7 Å². The van der Waals surface area contributed by atoms with Gasteiger partial charge >= 0.3 is 0 Å². The van der Waals surface area contributed by atoms with Crippen LogP contribution in [-0.4, -0.2) is 27.4 Å². The molecule has 2 N–H and O–H groups in total. The molecule has 23 heavy (non-hydrogen) atoms. The van der Waals surface area contributed by atoms with E-state index in [2.05, 4.69) is 22.2 Å². The highest BCUT2D eigenvalue weighted by atomic mass is 35.5. The number of rotatable bonds is 7. The van der Waals surface area contributed by atoms with Crippen molar-refractivity contribution < 1.29 is 4.79 Å². The molecule has 8 heteroatoms. The lowest BCUT2D eigenvalue weighted by Crippen LogP contribution is -2.15. The second-order valence-electron chi connectivity index (χ2n) is 4.52. The second-order valence-corrected chi connectivity index (χ2v) is 7.20. The highest BCUT2D eigenvalue weighted by Gasteiger charge is 2.07. The summed E-state index contributed by atoms with van der Waals surface area (Å²) in [5.41, 5.74) is 1.20. The van der Waals surface area contributed by atoms with Crippen molar-refractivity contribution in [2.75, 3.05) is 16.8 Å². The first kappa shape index (κ1) is 17.9. The molecule has 2 aromatic rings. The molecule has 0 radical (unpaired) electrons. The van der Waals surface area contributed by atoms with Crippen molar-refractivity contribution in [3.05, 3.63) is 51.4 Å². The van der Waals surface area contributed by atoms with Gasteiger partial charge in [-0.05, 0) is 30.0 Å². The van der Waals surface area contributed by atoms with Crippen LogP contribution in [0.2, 0.25) is 5.02 Å². The summed E-state index contributed by atoms with van der Waals surface area (Å²) >= 11 is 8.68. The molecule has 0 saturated heterocycles. The van der Waals surface area contributed by atoms with Crippen LogP contribution in [0.5, 0.6) is 0 Å². The number of aromatic nitrogens is 2. The Morgan fingerprint density at radius 1 is 1.35 bits per heavy atom. The van der Waals surface area contributed by atoms with Gasteiger partial charge in [0.2, 0.25) is 5.91 Å². The molecule has 1 aromatic heterocycles. The summed E-state index contributed by atoms with van der Waals surface area (Å²) in [6.45, 7) is 2.05. The molecule has 122 valence electrons. The zero-order chi connectivity index (χ0) is 16.7. The number of halogens is 1. The van der Waals surface area contributed by atoms with Crippen LogP contribution < -0.4 is 10.9 Å². The molecule has 0 spiro atoms. The lowest BCUT2D eigenvalue weighted by atomic mass is 10.3. The third-order valence-electron chi connectivity index (χ3n) is 2.70. The maximum atomic E-state index is 11.9. The molecular formula is C15H16ClN3O2S2. The van der Waals surface area contributed by atoms with Gasteiger partial charge < -0.3 is 10.3 Å². The normalized spacial score (nSPS) is 10.5. The zero-order valence-corrected chi connectivity index (χ0v) is 14.9. The number of nitrogens with one attached hydrogen (secondary N) is 2. The lowest BCUT2D eigenvalue weighted by Gasteiger charge is -2.06. The van der Waals surface area contributed by atoms with Crippen molar-refractivity contribution in [2.24, 2.45) is 0 Å². The fourth-order valence-corrected chi connectivity index (χ4v) is 3.08. The van der Waals surface area contributed by atoms with E-state index >= 15 is 0 Å². The summed E-state index contributed by atoms with van der Waals surface area (Å²) < 4.78 is 0. The van der Waals surface area contributed by atoms with Gasteiger partial charge in [0.25, 0.3) is 5.56 Å². The van der Waals surface area contributed by atoms with E-state index in [0.29, 0.717) is 21.6 Å². The number of benzene rings is 1. The van der Waals surface area contributed by atoms with Crippen molar-refractivity contribution in [1.29, 1.82) is 0 Å². The molecule has 0 unspecified atom stereocenters. The summed E-state index contributed by atoms with van der Waals surface area (Å²) in [5, 5.41) is 3.83. The highest BCUT2D eigenvalue weighted by Crippen LogP contribution is 2.16. The molecule has 1 aromatic carbocycles. The Balaban J connectivity index is 1.91. The van der Waals surface area contributed by atoms with Crippen LogP contribution in [0.3, 0.4) is 0 Å². The minimum absolute atomic E-state index is 0.163. The average Bonchev–Trinajstić information content (AvgIpc) is 2.53. The van der Waals surface area contributed by atoms with Crippen molar-refractivity contribution in [2.45, 2.75) is 17.8 Å². The summed E-state index contributed by atoms with van der Waals surface area (Å²) in [4.78, 5) is 30.5. The van der Waals surface area contributed by atoms with Gasteiger partial charge in [-0.25, -0.2) is 4.98 Å². The number of amides is 1. The minimum Gasteiger partial charge on any atom is -0.325 e. The van der Waals surface area contributed by atoms with E-state index in [1.807, 2.05) is 0 Å². The van der Waals surface area contributed by atoms with Crippen LogP contribution in [0.4, 0.5) is 5.69 Å². The van der Waals surface area contributed by atoms with Crippen LogP contribution >= 0.6 is 35.1 Å². The molecule has 0 atom stereocenters. The van der Waals surface area contributed by atoms with E-state index in [1.54, 1.807) is 36.0 Å². The van der Waals surface area contributed by atoms with E-state index in [1.165, 1.54) is 17.8 Å². The SMILES string of the molecule is CCSCc1cc(=O)[nH]c(SCC(=O)Nc2ccc(Cl)cc2)n1. The molecule has 2 rings (SSSR count). The van der Waals surface area contributed by atoms with E-state index in [4.69, 9.17) is 11.6 Å². The Labute approximate surface area is 147 Å². The number of aromatic amines is 1. The topological polar surface area (TPSA) is 74.8 Å². The average molecular weight is 370 g/mol. The van der Waals surface area contributed by atoms with Crippen LogP contribution in [0.25, 0.3) is 0 Å². The monoisotopic (exact) mass is 369 g/mol. The number of anilines is 1. The molecule has 0 bridgehead atoms. The maximum Gasteiger partial charge on any atom is 0.251 e. The van der Waals surface area contributed by atoms with Gasteiger partial charge in [-0.1, -0.05) is 30.3 Å². The van der Waals surface area contributed by atoms with Crippen LogP contribution in [0.15, 0.2) is 40.3 Å². The molecular weight excluding hydrogens is 354 g/mol. The summed E-state index contributed by atoms with van der Waals surface area (Å²) in [6, 6.07) is 8.36. The molecule has 1 amide bonds. The molecule has 1 heterocycles. The predicted octanol–water partition coefficient (Wildman–Crippen LogP) is 3.41. The maximum absolute atomic E-state index is 11.9. The van der Waals surface area contributed by atoms with E-state index in [-0.39, 0.29) is 17.2 Å². The molecule has 0 aliphatic heterocycles. The largest absolute Gasteiger partial charge is 0.325 e. The van der Waals surface area contributed by atoms with Crippen molar-refractivity contribution in [3.63, 3.8) is 0 Å². The zero-order valence-electron chi connectivity index (χ0n) is 12.5. The Morgan fingerprint density at radius 3 is 2.78 bits per heavy atom. The predicted molar refractivity (Wildman–Crippen MR) is 97.5 cm³/mol. The van der Waals surface area contributed by atoms with Gasteiger partial charge in [-0.15, -0.1) is 0 Å². The Bertz CT molecular complexity index is 719. The number of carbonyl (C=O) groups excluding carboxylic acids is 1. The fourth-order valence-electron chi connectivity index (χ4n) is 1.70. The van der Waals surface area contributed by atoms with Gasteiger partial charge in [0.1, 0.15) is 0 Å². The molecule has 5 nitrogen and oxygen atoms in total. The quantitative estimate of drug-likeness (QED) is 0.578. The van der Waals surface area contributed by atoms with Gasteiger partial charge in [0.15, 0.2) is 5.16 Å². The first-order valence-corrected chi connectivity index (χ1v) is 9.45. The molecule has 0 aliphatic carbocycles. The Kier molecular flexibility index (Phi) is 7.01. The van der Waals surface area contributed by atoms with Crippen molar-refractivity contribution in [3.8, 4) is 0 Å². The third kappa shape index (κ3) is 6.29. The fraction of sp³-hybridized carbons (Fsp3) is 0.267. The standard InChI is InChI=1S/C15H16ClN3O2S2/c1-2-22-8-12-7-13(20)19-15(18-12)23-9-14(21)17-11-5-3-10(16)4-6-11/h3-7H,2,8-9H2,1H3,(H,17,21)(H,18,19,20).